The fourth-order valence-corrected chi connectivity index (χ4v) is 2.95. The Morgan fingerprint density at radius 1 is 1.04 bits per heavy atom. The molecule has 0 saturated heterocycles. The quantitative estimate of drug-likeness (QED) is 0.687. The van der Waals surface area contributed by atoms with Crippen molar-refractivity contribution in [1.82, 2.24) is 15.0 Å². The number of methoxy groups -OCH3 is 1. The van der Waals surface area contributed by atoms with Gasteiger partial charge in [0.1, 0.15) is 11.5 Å². The monoisotopic (exact) mass is 333 g/mol. The van der Waals surface area contributed by atoms with Crippen molar-refractivity contribution in [2.45, 2.75) is 25.7 Å². The van der Waals surface area contributed by atoms with Crippen molar-refractivity contribution in [2.24, 2.45) is 0 Å². The van der Waals surface area contributed by atoms with Crippen LogP contribution in [0.3, 0.4) is 0 Å². The van der Waals surface area contributed by atoms with E-state index in [1.54, 1.807) is 31.9 Å². The molecule has 0 radical (unpaired) electrons. The summed E-state index contributed by atoms with van der Waals surface area (Å²) in [5.74, 6) is 2.55. The van der Waals surface area contributed by atoms with E-state index in [2.05, 4.69) is 21.9 Å². The molecule has 0 N–H and O–H groups in total. The molecule has 25 heavy (non-hydrogen) atoms. The topological polar surface area (TPSA) is 57.1 Å². The van der Waals surface area contributed by atoms with Crippen LogP contribution in [0.1, 0.15) is 30.0 Å². The Hall–Kier alpha value is -2.95. The van der Waals surface area contributed by atoms with Gasteiger partial charge < -0.3 is 9.47 Å². The van der Waals surface area contributed by atoms with Crippen LogP contribution in [0, 0.1) is 6.92 Å². The number of nitrogens with zero attached hydrogens (tertiary/aromatic N) is 3. The number of aryl methyl sites for hydroxylation is 1. The second-order valence-corrected chi connectivity index (χ2v) is 6.18. The molecule has 1 saturated carbocycles. The Labute approximate surface area is 146 Å². The molecule has 126 valence electrons. The molecule has 1 fully saturated rings. The maximum Gasteiger partial charge on any atom is 0.227 e. The highest BCUT2D eigenvalue weighted by molar-refractivity contribution is 5.73. The van der Waals surface area contributed by atoms with Crippen LogP contribution in [0.2, 0.25) is 0 Å². The van der Waals surface area contributed by atoms with E-state index in [1.807, 2.05) is 24.3 Å². The summed E-state index contributed by atoms with van der Waals surface area (Å²) in [5, 5.41) is 0. The van der Waals surface area contributed by atoms with Crippen molar-refractivity contribution in [2.75, 3.05) is 7.11 Å². The van der Waals surface area contributed by atoms with Gasteiger partial charge in [0.25, 0.3) is 0 Å². The van der Waals surface area contributed by atoms with Gasteiger partial charge in [0.15, 0.2) is 0 Å². The average Bonchev–Trinajstić information content (AvgIpc) is 3.47. The number of rotatable bonds is 5. The molecule has 3 aromatic heterocycles. The summed E-state index contributed by atoms with van der Waals surface area (Å²) in [6, 6.07) is 7.66. The third kappa shape index (κ3) is 3.18. The van der Waals surface area contributed by atoms with Crippen LogP contribution in [0.15, 0.2) is 49.1 Å². The Morgan fingerprint density at radius 2 is 1.92 bits per heavy atom. The van der Waals surface area contributed by atoms with Gasteiger partial charge in [-0.05, 0) is 49.6 Å². The SMILES string of the molecule is COc1ccncc1-c1cccnc1Oc1cnc(C2CC2)c(C)c1. The Bertz CT molecular complexity index is 907. The molecule has 4 rings (SSSR count). The van der Waals surface area contributed by atoms with Crippen LogP contribution in [0.5, 0.6) is 17.4 Å². The zero-order valence-electron chi connectivity index (χ0n) is 14.3. The molecule has 0 spiro atoms. The molecule has 1 aliphatic carbocycles. The maximum atomic E-state index is 6.04. The summed E-state index contributed by atoms with van der Waals surface area (Å²) in [6.07, 6.45) is 9.41. The van der Waals surface area contributed by atoms with E-state index in [0.717, 1.165) is 22.4 Å². The third-order valence-corrected chi connectivity index (χ3v) is 4.33. The van der Waals surface area contributed by atoms with Gasteiger partial charge >= 0.3 is 0 Å². The predicted molar refractivity (Wildman–Crippen MR) is 95.0 cm³/mol. The predicted octanol–water partition coefficient (Wildman–Crippen LogP) is 4.53. The van der Waals surface area contributed by atoms with Crippen molar-refractivity contribution in [3.8, 4) is 28.5 Å². The fourth-order valence-electron chi connectivity index (χ4n) is 2.95. The number of hydrogen-bond donors (Lipinski definition) is 0. The van der Waals surface area contributed by atoms with Crippen molar-refractivity contribution >= 4 is 0 Å². The Morgan fingerprint density at radius 3 is 2.68 bits per heavy atom. The molecule has 0 aromatic carbocycles. The molecule has 0 aliphatic heterocycles. The lowest BCUT2D eigenvalue weighted by Crippen LogP contribution is -1.97. The summed E-state index contributed by atoms with van der Waals surface area (Å²) in [4.78, 5) is 13.2. The minimum atomic E-state index is 0.508. The van der Waals surface area contributed by atoms with E-state index in [4.69, 9.17) is 9.47 Å². The first kappa shape index (κ1) is 15.6. The molecule has 5 heteroatoms. The smallest absolute Gasteiger partial charge is 0.227 e. The van der Waals surface area contributed by atoms with E-state index >= 15 is 0 Å². The highest BCUT2D eigenvalue weighted by Gasteiger charge is 2.26. The summed E-state index contributed by atoms with van der Waals surface area (Å²) < 4.78 is 11.5. The molecule has 5 nitrogen and oxygen atoms in total. The van der Waals surface area contributed by atoms with Crippen LogP contribution >= 0.6 is 0 Å². The average molecular weight is 333 g/mol. The largest absolute Gasteiger partial charge is 0.496 e. The normalized spacial score (nSPS) is 13.5. The molecule has 3 heterocycles. The first-order valence-corrected chi connectivity index (χ1v) is 8.34. The lowest BCUT2D eigenvalue weighted by atomic mass is 10.1. The van der Waals surface area contributed by atoms with Crippen molar-refractivity contribution in [1.29, 1.82) is 0 Å². The van der Waals surface area contributed by atoms with Gasteiger partial charge in [-0.25, -0.2) is 4.98 Å². The minimum absolute atomic E-state index is 0.508. The highest BCUT2D eigenvalue weighted by Crippen LogP contribution is 2.41. The van der Waals surface area contributed by atoms with Crippen molar-refractivity contribution in [3.63, 3.8) is 0 Å². The Kier molecular flexibility index (Phi) is 4.06. The van der Waals surface area contributed by atoms with Gasteiger partial charge in [-0.2, -0.15) is 0 Å². The van der Waals surface area contributed by atoms with Crippen LogP contribution in [-0.4, -0.2) is 22.1 Å². The molecule has 0 unspecified atom stereocenters. The summed E-state index contributed by atoms with van der Waals surface area (Å²) in [5.41, 5.74) is 4.02. The second-order valence-electron chi connectivity index (χ2n) is 6.18. The van der Waals surface area contributed by atoms with Gasteiger partial charge in [-0.3, -0.25) is 9.97 Å². The van der Waals surface area contributed by atoms with Crippen molar-refractivity contribution < 1.29 is 9.47 Å². The molecule has 1 aliphatic rings. The molecular weight excluding hydrogens is 314 g/mol. The number of aromatic nitrogens is 3. The molecular formula is C20H19N3O2. The van der Waals surface area contributed by atoms with Crippen LogP contribution in [-0.2, 0) is 0 Å². The van der Waals surface area contributed by atoms with E-state index in [-0.39, 0.29) is 0 Å². The van der Waals surface area contributed by atoms with Crippen molar-refractivity contribution in [3.05, 3.63) is 60.3 Å². The highest BCUT2D eigenvalue weighted by atomic mass is 16.5. The fraction of sp³-hybridized carbons (Fsp3) is 0.250. The number of ether oxygens (including phenoxy) is 2. The number of hydrogen-bond acceptors (Lipinski definition) is 5. The van der Waals surface area contributed by atoms with E-state index in [1.165, 1.54) is 18.5 Å². The van der Waals surface area contributed by atoms with E-state index < -0.39 is 0 Å². The second kappa shape index (κ2) is 6.51. The standard InChI is InChI=1S/C20H19N3O2/c1-13-10-15(11-23-19(13)14-5-6-14)25-20-16(4-3-8-22-20)17-12-21-9-7-18(17)24-2/h3-4,7-12,14H,5-6H2,1-2H3. The lowest BCUT2D eigenvalue weighted by Gasteiger charge is -2.13. The number of pyridine rings is 3. The third-order valence-electron chi connectivity index (χ3n) is 4.33. The van der Waals surface area contributed by atoms with Gasteiger partial charge in [0.2, 0.25) is 5.88 Å². The maximum absolute atomic E-state index is 6.04. The van der Waals surface area contributed by atoms with Crippen LogP contribution < -0.4 is 9.47 Å². The molecule has 0 amide bonds. The first-order chi connectivity index (χ1) is 12.3. The van der Waals surface area contributed by atoms with E-state index in [0.29, 0.717) is 17.5 Å². The van der Waals surface area contributed by atoms with Gasteiger partial charge in [-0.15, -0.1) is 0 Å². The molecule has 3 aromatic rings. The zero-order chi connectivity index (χ0) is 17.2. The summed E-state index contributed by atoms with van der Waals surface area (Å²) in [7, 11) is 1.64. The zero-order valence-corrected chi connectivity index (χ0v) is 14.3. The lowest BCUT2D eigenvalue weighted by molar-refractivity contribution is 0.415. The van der Waals surface area contributed by atoms with Crippen LogP contribution in [0.25, 0.3) is 11.1 Å². The minimum Gasteiger partial charge on any atom is -0.496 e. The molecule has 0 atom stereocenters. The van der Waals surface area contributed by atoms with E-state index in [9.17, 15) is 0 Å². The van der Waals surface area contributed by atoms with Gasteiger partial charge in [-0.1, -0.05) is 0 Å². The first-order valence-electron chi connectivity index (χ1n) is 8.34. The van der Waals surface area contributed by atoms with Gasteiger partial charge in [0, 0.05) is 41.3 Å². The summed E-state index contributed by atoms with van der Waals surface area (Å²) >= 11 is 0. The summed E-state index contributed by atoms with van der Waals surface area (Å²) in [6.45, 7) is 2.08. The molecule has 0 bridgehead atoms. The van der Waals surface area contributed by atoms with Crippen LogP contribution in [0.4, 0.5) is 0 Å². The van der Waals surface area contributed by atoms with Gasteiger partial charge in [0.05, 0.1) is 13.3 Å². The Balaban J connectivity index is 1.69.